The second-order valence-electron chi connectivity index (χ2n) is 6.54. The number of aliphatic hydroxyl groups is 1. The first-order valence-corrected chi connectivity index (χ1v) is 10.1. The summed E-state index contributed by atoms with van der Waals surface area (Å²) in [6.07, 6.45) is 0.138. The number of thiazole rings is 1. The number of rotatable bonds is 8. The summed E-state index contributed by atoms with van der Waals surface area (Å²) in [6.45, 7) is 4.06. The molecule has 3 N–H and O–H groups in total. The number of para-hydroxylation sites is 1. The minimum Gasteiger partial charge on any atom is -0.491 e. The molecule has 1 saturated heterocycles. The van der Waals surface area contributed by atoms with Gasteiger partial charge < -0.3 is 20.5 Å². The van der Waals surface area contributed by atoms with Crippen molar-refractivity contribution >= 4 is 42.1 Å². The number of piperazine rings is 1. The fourth-order valence-electron chi connectivity index (χ4n) is 3.00. The number of β-amino-alcohol motifs (C(OH)–C–C–N with tert-alkyl or cyclic N) is 1. The van der Waals surface area contributed by atoms with Gasteiger partial charge in [-0.2, -0.15) is 0 Å². The predicted molar refractivity (Wildman–Crippen MR) is 120 cm³/mol. The fourth-order valence-corrected chi connectivity index (χ4v) is 3.79. The Balaban J connectivity index is 0.00000210. The highest BCUT2D eigenvalue weighted by Gasteiger charge is 2.25. The molecule has 10 heteroatoms. The first-order chi connectivity index (χ1) is 13.2. The van der Waals surface area contributed by atoms with Crippen LogP contribution in [0.15, 0.2) is 35.7 Å². The van der Waals surface area contributed by atoms with Crippen molar-refractivity contribution in [2.24, 2.45) is 5.73 Å². The Bertz CT molecular complexity index is 727. The number of hydrogen-bond donors (Lipinski definition) is 2. The van der Waals surface area contributed by atoms with E-state index in [1.165, 1.54) is 11.3 Å². The lowest BCUT2D eigenvalue weighted by Gasteiger charge is -2.35. The van der Waals surface area contributed by atoms with Crippen molar-refractivity contribution < 1.29 is 14.6 Å². The SMILES string of the molecule is Cl.Cl.NCCc1nc(C(=O)N2CCN(CC(O)COc3ccccc3)CC2)cs1. The van der Waals surface area contributed by atoms with Crippen LogP contribution in [-0.2, 0) is 6.42 Å². The van der Waals surface area contributed by atoms with E-state index in [1.807, 2.05) is 40.6 Å². The van der Waals surface area contributed by atoms with Crippen molar-refractivity contribution in [3.05, 3.63) is 46.4 Å². The molecule has 3 rings (SSSR count). The zero-order valence-electron chi connectivity index (χ0n) is 16.1. The Morgan fingerprint density at radius 3 is 2.55 bits per heavy atom. The summed E-state index contributed by atoms with van der Waals surface area (Å²) in [7, 11) is 0. The average Bonchev–Trinajstić information content (AvgIpc) is 3.16. The standard InChI is InChI=1S/C19H26N4O3S.2ClH/c20-7-6-18-21-17(14-27-18)19(25)23-10-8-22(9-11-23)12-15(24)13-26-16-4-2-1-3-5-16;;/h1-5,14-15,24H,6-13,20H2;2*1H. The van der Waals surface area contributed by atoms with E-state index in [2.05, 4.69) is 9.88 Å². The first kappa shape index (κ1) is 25.6. The quantitative estimate of drug-likeness (QED) is 0.619. The third-order valence-corrected chi connectivity index (χ3v) is 5.35. The molecule has 1 amide bonds. The molecule has 1 aliphatic rings. The number of nitrogens with two attached hydrogens (primary N) is 1. The van der Waals surface area contributed by atoms with Gasteiger partial charge in [-0.3, -0.25) is 9.69 Å². The van der Waals surface area contributed by atoms with E-state index in [1.54, 1.807) is 0 Å². The minimum atomic E-state index is -0.565. The van der Waals surface area contributed by atoms with Crippen LogP contribution >= 0.6 is 36.2 Å². The number of halogens is 2. The van der Waals surface area contributed by atoms with E-state index in [-0.39, 0.29) is 37.3 Å². The minimum absolute atomic E-state index is 0. The van der Waals surface area contributed by atoms with Crippen LogP contribution in [0.4, 0.5) is 0 Å². The van der Waals surface area contributed by atoms with Gasteiger partial charge >= 0.3 is 0 Å². The van der Waals surface area contributed by atoms with Gasteiger partial charge in [0.25, 0.3) is 5.91 Å². The Morgan fingerprint density at radius 2 is 1.90 bits per heavy atom. The highest BCUT2D eigenvalue weighted by Crippen LogP contribution is 2.14. The normalized spacial score (nSPS) is 15.2. The Hall–Kier alpha value is -1.42. The van der Waals surface area contributed by atoms with Gasteiger partial charge in [0.2, 0.25) is 0 Å². The third kappa shape index (κ3) is 7.73. The molecule has 1 fully saturated rings. The van der Waals surface area contributed by atoms with Crippen molar-refractivity contribution in [2.45, 2.75) is 12.5 Å². The maximum atomic E-state index is 12.6. The number of aliphatic hydroxyl groups excluding tert-OH is 1. The molecule has 0 radical (unpaired) electrons. The number of aromatic nitrogens is 1. The molecular weight excluding hydrogens is 435 g/mol. The number of carbonyl (C=O) groups is 1. The van der Waals surface area contributed by atoms with Crippen LogP contribution in [0.5, 0.6) is 5.75 Å². The summed E-state index contributed by atoms with van der Waals surface area (Å²) in [4.78, 5) is 20.9. The number of ether oxygens (including phenoxy) is 1. The van der Waals surface area contributed by atoms with Gasteiger partial charge in [0.05, 0.1) is 5.01 Å². The van der Waals surface area contributed by atoms with E-state index in [4.69, 9.17) is 10.5 Å². The van der Waals surface area contributed by atoms with Gasteiger partial charge in [-0.25, -0.2) is 4.98 Å². The van der Waals surface area contributed by atoms with Crippen LogP contribution in [0.1, 0.15) is 15.5 Å². The van der Waals surface area contributed by atoms with Gasteiger partial charge in [-0.1, -0.05) is 18.2 Å². The molecule has 1 aromatic carbocycles. The molecule has 0 spiro atoms. The molecule has 29 heavy (non-hydrogen) atoms. The van der Waals surface area contributed by atoms with Gasteiger partial charge in [0.15, 0.2) is 0 Å². The number of hydrogen-bond acceptors (Lipinski definition) is 7. The summed E-state index contributed by atoms with van der Waals surface area (Å²) in [5.41, 5.74) is 6.04. The maximum absolute atomic E-state index is 12.6. The van der Waals surface area contributed by atoms with Crippen molar-refractivity contribution in [2.75, 3.05) is 45.9 Å². The molecule has 0 saturated carbocycles. The molecule has 1 atom stereocenters. The highest BCUT2D eigenvalue weighted by atomic mass is 35.5. The topological polar surface area (TPSA) is 91.9 Å². The zero-order chi connectivity index (χ0) is 19.1. The van der Waals surface area contributed by atoms with E-state index in [9.17, 15) is 9.90 Å². The number of nitrogens with zero attached hydrogens (tertiary/aromatic N) is 3. The van der Waals surface area contributed by atoms with Crippen LogP contribution in [0.2, 0.25) is 0 Å². The summed E-state index contributed by atoms with van der Waals surface area (Å²) >= 11 is 1.48. The molecule has 2 heterocycles. The maximum Gasteiger partial charge on any atom is 0.273 e. The highest BCUT2D eigenvalue weighted by molar-refractivity contribution is 7.09. The van der Waals surface area contributed by atoms with Gasteiger partial charge in [-0.05, 0) is 18.7 Å². The van der Waals surface area contributed by atoms with Crippen LogP contribution in [0.3, 0.4) is 0 Å². The summed E-state index contributed by atoms with van der Waals surface area (Å²) in [5.74, 6) is 0.728. The Morgan fingerprint density at radius 1 is 1.21 bits per heavy atom. The second kappa shape index (κ2) is 13.0. The van der Waals surface area contributed by atoms with E-state index >= 15 is 0 Å². The van der Waals surface area contributed by atoms with Gasteiger partial charge in [0.1, 0.15) is 24.2 Å². The monoisotopic (exact) mass is 462 g/mol. The van der Waals surface area contributed by atoms with Crippen molar-refractivity contribution in [1.82, 2.24) is 14.8 Å². The van der Waals surface area contributed by atoms with E-state index in [0.29, 0.717) is 38.3 Å². The van der Waals surface area contributed by atoms with Crippen molar-refractivity contribution in [3.8, 4) is 5.75 Å². The zero-order valence-corrected chi connectivity index (χ0v) is 18.6. The molecule has 0 aliphatic carbocycles. The van der Waals surface area contributed by atoms with Crippen molar-refractivity contribution in [3.63, 3.8) is 0 Å². The van der Waals surface area contributed by atoms with Crippen LogP contribution in [0, 0.1) is 0 Å². The molecule has 1 unspecified atom stereocenters. The molecule has 0 bridgehead atoms. The predicted octanol–water partition coefficient (Wildman–Crippen LogP) is 1.69. The molecule has 162 valence electrons. The first-order valence-electron chi connectivity index (χ1n) is 9.17. The Kier molecular flexibility index (Phi) is 11.5. The van der Waals surface area contributed by atoms with Gasteiger partial charge in [-0.15, -0.1) is 36.2 Å². The fraction of sp³-hybridized carbons (Fsp3) is 0.474. The summed E-state index contributed by atoms with van der Waals surface area (Å²) in [5, 5.41) is 12.9. The number of benzene rings is 1. The molecule has 1 aromatic heterocycles. The van der Waals surface area contributed by atoms with Crippen LogP contribution in [0.25, 0.3) is 0 Å². The Labute approximate surface area is 187 Å². The lowest BCUT2D eigenvalue weighted by Crippen LogP contribution is -2.51. The van der Waals surface area contributed by atoms with E-state index in [0.717, 1.165) is 23.8 Å². The van der Waals surface area contributed by atoms with Crippen molar-refractivity contribution in [1.29, 1.82) is 0 Å². The summed E-state index contributed by atoms with van der Waals surface area (Å²) in [6, 6.07) is 9.47. The molecular formula is C19H28Cl2N4O3S. The second-order valence-corrected chi connectivity index (χ2v) is 7.48. The third-order valence-electron chi connectivity index (χ3n) is 4.44. The molecule has 2 aromatic rings. The molecule has 7 nitrogen and oxygen atoms in total. The lowest BCUT2D eigenvalue weighted by atomic mass is 10.2. The summed E-state index contributed by atoms with van der Waals surface area (Å²) < 4.78 is 5.59. The average molecular weight is 463 g/mol. The number of carbonyl (C=O) groups excluding carboxylic acids is 1. The lowest BCUT2D eigenvalue weighted by molar-refractivity contribution is 0.0401. The van der Waals surface area contributed by atoms with E-state index < -0.39 is 6.10 Å². The molecule has 1 aliphatic heterocycles. The largest absolute Gasteiger partial charge is 0.491 e. The van der Waals surface area contributed by atoms with Crippen LogP contribution in [-0.4, -0.2) is 77.8 Å². The van der Waals surface area contributed by atoms with Gasteiger partial charge in [0, 0.05) is 44.5 Å². The number of amides is 1. The smallest absolute Gasteiger partial charge is 0.273 e. The van der Waals surface area contributed by atoms with Crippen LogP contribution < -0.4 is 10.5 Å².